The number of amides is 2. The van der Waals surface area contributed by atoms with Gasteiger partial charge in [0, 0.05) is 105 Å². The molecule has 3 aromatic carbocycles. The third kappa shape index (κ3) is 7.07. The molecule has 0 unspecified atom stereocenters. The van der Waals surface area contributed by atoms with Crippen LogP contribution in [0.3, 0.4) is 0 Å². The average Bonchev–Trinajstić information content (AvgIpc) is 3.75. The van der Waals surface area contributed by atoms with E-state index in [1.54, 1.807) is 41.4 Å². The van der Waals surface area contributed by atoms with Gasteiger partial charge in [-0.05, 0) is 91.1 Å². The quantitative estimate of drug-likeness (QED) is 0.205. The van der Waals surface area contributed by atoms with Crippen LogP contribution >= 0.6 is 11.6 Å². The monoisotopic (exact) mass is 785 g/mol. The molecule has 0 saturated carbocycles. The molecule has 1 N–H and O–H groups in total. The summed E-state index contributed by atoms with van der Waals surface area (Å²) in [6.45, 7) is 9.46. The maximum Gasteiger partial charge on any atom is 0.264 e. The van der Waals surface area contributed by atoms with E-state index in [1.165, 1.54) is 5.56 Å². The highest BCUT2D eigenvalue weighted by Gasteiger charge is 2.36. The number of rotatable bonds is 7. The molecule has 0 spiro atoms. The van der Waals surface area contributed by atoms with Crippen LogP contribution in [0.25, 0.3) is 11.3 Å². The number of aromatic nitrogens is 2. The molecule has 2 fully saturated rings. The van der Waals surface area contributed by atoms with Gasteiger partial charge in [-0.15, -0.1) is 0 Å². The van der Waals surface area contributed by atoms with E-state index in [1.807, 2.05) is 60.8 Å². The second kappa shape index (κ2) is 15.3. The fraction of sp³-hybridized carbons (Fsp3) is 0.356. The Hall–Kier alpha value is -5.20. The molecule has 11 nitrogen and oxygen atoms in total. The lowest BCUT2D eigenvalue weighted by atomic mass is 9.92. The van der Waals surface area contributed by atoms with Crippen molar-refractivity contribution in [2.75, 3.05) is 69.3 Å². The van der Waals surface area contributed by atoms with Crippen molar-refractivity contribution in [3.05, 3.63) is 124 Å². The number of phenolic OH excluding ortho intramolecular Hbond substituents is 1. The highest BCUT2D eigenvalue weighted by molar-refractivity contribution is 6.31. The largest absolute Gasteiger partial charge is 0.508 e. The number of aromatic hydroxyl groups is 1. The van der Waals surface area contributed by atoms with Gasteiger partial charge in [0.05, 0.1) is 30.7 Å². The highest BCUT2D eigenvalue weighted by Crippen LogP contribution is 2.37. The number of phenols is 1. The molecular weight excluding hydrogens is 738 g/mol. The van der Waals surface area contributed by atoms with Crippen molar-refractivity contribution in [3.63, 3.8) is 0 Å². The molecule has 6 heterocycles. The molecule has 5 aromatic rings. The van der Waals surface area contributed by atoms with E-state index < -0.39 is 0 Å². The number of hydrogen-bond donors (Lipinski definition) is 1. The minimum Gasteiger partial charge on any atom is -0.508 e. The number of carbonyl (C=O) groups is 2. The number of pyridine rings is 1. The molecule has 2 aromatic heterocycles. The van der Waals surface area contributed by atoms with E-state index in [0.717, 1.165) is 88.0 Å². The smallest absolute Gasteiger partial charge is 0.264 e. The Morgan fingerprint density at radius 2 is 1.72 bits per heavy atom. The first kappa shape index (κ1) is 37.4. The van der Waals surface area contributed by atoms with Gasteiger partial charge in [-0.1, -0.05) is 35.9 Å². The molecule has 4 aliphatic rings. The third-order valence-corrected chi connectivity index (χ3v) is 12.7. The Morgan fingerprint density at radius 1 is 0.912 bits per heavy atom. The summed E-state index contributed by atoms with van der Waals surface area (Å²) in [5, 5.41) is 10.6. The summed E-state index contributed by atoms with van der Waals surface area (Å²) in [6.07, 6.45) is 3.34. The third-order valence-electron chi connectivity index (χ3n) is 12.4. The lowest BCUT2D eigenvalue weighted by Gasteiger charge is -2.46. The number of nitrogens with zero attached hydrogens (tertiary/aromatic N) is 7. The Bertz CT molecular complexity index is 2340. The molecule has 294 valence electrons. The summed E-state index contributed by atoms with van der Waals surface area (Å²) in [4.78, 5) is 45.5. The van der Waals surface area contributed by atoms with Crippen LogP contribution in [0.1, 0.15) is 43.1 Å². The zero-order chi connectivity index (χ0) is 39.4. The van der Waals surface area contributed by atoms with Crippen molar-refractivity contribution in [2.45, 2.75) is 38.4 Å². The van der Waals surface area contributed by atoms with Crippen LogP contribution < -0.4 is 9.80 Å². The van der Waals surface area contributed by atoms with E-state index >= 15 is 4.79 Å². The summed E-state index contributed by atoms with van der Waals surface area (Å²) < 4.78 is 7.81. The van der Waals surface area contributed by atoms with Gasteiger partial charge >= 0.3 is 0 Å². The maximum atomic E-state index is 15.1. The topological polar surface area (TPSA) is 97.6 Å². The lowest BCUT2D eigenvalue weighted by Crippen LogP contribution is -2.60. The van der Waals surface area contributed by atoms with Gasteiger partial charge in [-0.2, -0.15) is 0 Å². The van der Waals surface area contributed by atoms with Gasteiger partial charge in [0.25, 0.3) is 11.8 Å². The maximum absolute atomic E-state index is 15.1. The van der Waals surface area contributed by atoms with Crippen molar-refractivity contribution in [1.29, 1.82) is 0 Å². The number of likely N-dealkylation sites (N-methyl/N-ethyl adjacent to an activating group) is 1. The van der Waals surface area contributed by atoms with Gasteiger partial charge in [-0.25, -0.2) is 4.98 Å². The molecule has 0 radical (unpaired) electrons. The lowest BCUT2D eigenvalue weighted by molar-refractivity contribution is -0.0485. The van der Waals surface area contributed by atoms with Gasteiger partial charge in [0.15, 0.2) is 0 Å². The van der Waals surface area contributed by atoms with Crippen molar-refractivity contribution < 1.29 is 19.4 Å². The summed E-state index contributed by atoms with van der Waals surface area (Å²) in [6, 6.07) is 24.8. The number of morpholine rings is 1. The van der Waals surface area contributed by atoms with E-state index in [2.05, 4.69) is 32.9 Å². The molecule has 0 bridgehead atoms. The molecule has 2 atom stereocenters. The SMILES string of the molecule is Cc1c(C(=O)N(c2ccc(O)cc2)c2cnc3c(c2)CCN3C)cc(-c2cc(Cl)ccc2C(=O)N2Cc3ccccc3C[C@H]2CN2CCN3CCOC[C@H]3C2)n1C. The summed E-state index contributed by atoms with van der Waals surface area (Å²) in [5.74, 6) is 0.706. The Kier molecular flexibility index (Phi) is 10.0. The molecule has 4 aliphatic heterocycles. The number of ether oxygens (including phenoxy) is 1. The van der Waals surface area contributed by atoms with Crippen molar-refractivity contribution in [2.24, 2.45) is 7.05 Å². The fourth-order valence-electron chi connectivity index (χ4n) is 9.15. The van der Waals surface area contributed by atoms with E-state index in [-0.39, 0.29) is 23.6 Å². The molecule has 0 aliphatic carbocycles. The van der Waals surface area contributed by atoms with E-state index in [4.69, 9.17) is 21.3 Å². The highest BCUT2D eigenvalue weighted by atomic mass is 35.5. The summed E-state index contributed by atoms with van der Waals surface area (Å²) in [5.41, 5.74) is 7.89. The van der Waals surface area contributed by atoms with Crippen LogP contribution in [0.4, 0.5) is 17.2 Å². The van der Waals surface area contributed by atoms with Gasteiger partial charge in [-0.3, -0.25) is 24.3 Å². The molecular formula is C45H48ClN7O4. The van der Waals surface area contributed by atoms with Gasteiger partial charge in [0.1, 0.15) is 11.6 Å². The fourth-order valence-corrected chi connectivity index (χ4v) is 9.32. The summed E-state index contributed by atoms with van der Waals surface area (Å²) >= 11 is 6.72. The minimum absolute atomic E-state index is 0.0288. The average molecular weight is 786 g/mol. The minimum atomic E-state index is -0.251. The first-order valence-electron chi connectivity index (χ1n) is 19.8. The van der Waals surface area contributed by atoms with Crippen LogP contribution in [-0.2, 0) is 31.2 Å². The van der Waals surface area contributed by atoms with Crippen LogP contribution in [0.15, 0.2) is 85.1 Å². The molecule has 12 heteroatoms. The van der Waals surface area contributed by atoms with Gasteiger partial charge in [0.2, 0.25) is 0 Å². The number of piperazine rings is 1. The Morgan fingerprint density at radius 3 is 2.54 bits per heavy atom. The zero-order valence-electron chi connectivity index (χ0n) is 32.7. The first-order valence-corrected chi connectivity index (χ1v) is 20.2. The normalized spacial score (nSPS) is 19.6. The predicted octanol–water partition coefficient (Wildman–Crippen LogP) is 6.31. The van der Waals surface area contributed by atoms with E-state index in [0.29, 0.717) is 51.4 Å². The molecule has 57 heavy (non-hydrogen) atoms. The van der Waals surface area contributed by atoms with Crippen LogP contribution in [-0.4, -0.2) is 113 Å². The molecule has 9 rings (SSSR count). The second-order valence-corrected chi connectivity index (χ2v) is 16.3. The number of fused-ring (bicyclic) bond motifs is 3. The number of hydrogen-bond acceptors (Lipinski definition) is 8. The summed E-state index contributed by atoms with van der Waals surface area (Å²) in [7, 11) is 3.94. The Labute approximate surface area is 338 Å². The van der Waals surface area contributed by atoms with Crippen LogP contribution in [0.2, 0.25) is 5.02 Å². The van der Waals surface area contributed by atoms with Crippen LogP contribution in [0.5, 0.6) is 5.75 Å². The van der Waals surface area contributed by atoms with Gasteiger partial charge < -0.3 is 24.2 Å². The Balaban J connectivity index is 1.07. The number of anilines is 3. The number of halogens is 1. The molecule has 2 amide bonds. The van der Waals surface area contributed by atoms with Crippen molar-refractivity contribution in [1.82, 2.24) is 24.3 Å². The standard InChI is InChI=1S/C45H48ClN7O4/c1-29-40(45(56)53(34-9-11-38(54)12-10-34)35-21-31-14-15-48(2)43(31)47-24-35)23-42(49(29)3)41-22-33(46)8-13-39(41)44(55)52-25-32-7-5-4-6-30(32)20-36(52)26-50-16-17-51-18-19-57-28-37(51)27-50/h4-13,21-24,36-37,54H,14-20,25-28H2,1-3H3/t36-,37+/m0/s1. The number of benzene rings is 3. The zero-order valence-corrected chi connectivity index (χ0v) is 33.5. The predicted molar refractivity (Wildman–Crippen MR) is 223 cm³/mol. The molecule has 2 saturated heterocycles. The van der Waals surface area contributed by atoms with E-state index in [9.17, 15) is 9.90 Å². The first-order chi connectivity index (χ1) is 27.6. The second-order valence-electron chi connectivity index (χ2n) is 15.9. The number of carbonyl (C=O) groups excluding carboxylic acids is 2. The van der Waals surface area contributed by atoms with Crippen LogP contribution in [0, 0.1) is 6.92 Å². The van der Waals surface area contributed by atoms with Crippen molar-refractivity contribution >= 4 is 40.6 Å². The van der Waals surface area contributed by atoms with Crippen molar-refractivity contribution in [3.8, 4) is 17.0 Å².